The van der Waals surface area contributed by atoms with Gasteiger partial charge in [0.2, 0.25) is 11.9 Å². The van der Waals surface area contributed by atoms with Crippen molar-refractivity contribution in [1.82, 2.24) is 29.7 Å². The molecule has 0 aliphatic heterocycles. The molecule has 9 nitrogen and oxygen atoms in total. The minimum absolute atomic E-state index is 0.147. The largest absolute Gasteiger partial charge is 0.385 e. The minimum atomic E-state index is 0.147. The highest BCUT2D eigenvalue weighted by Crippen LogP contribution is 2.09. The first-order valence-corrected chi connectivity index (χ1v) is 5.77. The Morgan fingerprint density at radius 1 is 1.37 bits per heavy atom. The fourth-order valence-electron chi connectivity index (χ4n) is 1.50. The number of methoxy groups -OCH3 is 1. The van der Waals surface area contributed by atoms with Crippen LogP contribution in [0.1, 0.15) is 6.42 Å². The van der Waals surface area contributed by atoms with E-state index in [4.69, 9.17) is 10.5 Å². The van der Waals surface area contributed by atoms with E-state index < -0.39 is 0 Å². The smallest absolute Gasteiger partial charge is 0.258 e. The molecule has 0 aliphatic rings. The van der Waals surface area contributed by atoms with E-state index in [1.165, 1.54) is 17.3 Å². The molecule has 0 amide bonds. The third-order valence-corrected chi connectivity index (χ3v) is 2.44. The molecule has 0 saturated carbocycles. The summed E-state index contributed by atoms with van der Waals surface area (Å²) in [6, 6.07) is 0. The van der Waals surface area contributed by atoms with Crippen molar-refractivity contribution in [3.05, 3.63) is 12.7 Å². The number of hydrogen-bond donors (Lipinski definition) is 1. The lowest BCUT2D eigenvalue weighted by Gasteiger charge is -2.17. The SMILES string of the molecule is COCCCN(C)c1nc(N)nc(-n2cncn2)n1. The molecule has 2 rings (SSSR count). The number of nitrogen functional groups attached to an aromatic ring is 1. The molecule has 2 aromatic rings. The van der Waals surface area contributed by atoms with Crippen molar-refractivity contribution in [3.8, 4) is 5.95 Å². The summed E-state index contributed by atoms with van der Waals surface area (Å²) >= 11 is 0. The highest BCUT2D eigenvalue weighted by atomic mass is 16.5. The lowest BCUT2D eigenvalue weighted by atomic mass is 10.4. The average molecular weight is 264 g/mol. The highest BCUT2D eigenvalue weighted by molar-refractivity contribution is 5.36. The van der Waals surface area contributed by atoms with Gasteiger partial charge in [0, 0.05) is 27.3 Å². The van der Waals surface area contributed by atoms with Gasteiger partial charge in [-0.3, -0.25) is 0 Å². The third kappa shape index (κ3) is 3.35. The molecule has 0 bridgehead atoms. The van der Waals surface area contributed by atoms with Gasteiger partial charge in [0.1, 0.15) is 12.7 Å². The first-order valence-electron chi connectivity index (χ1n) is 5.77. The molecular weight excluding hydrogens is 248 g/mol. The zero-order valence-electron chi connectivity index (χ0n) is 10.9. The fraction of sp³-hybridized carbons (Fsp3) is 0.500. The van der Waals surface area contributed by atoms with Gasteiger partial charge in [0.05, 0.1) is 0 Å². The fourth-order valence-corrected chi connectivity index (χ4v) is 1.50. The van der Waals surface area contributed by atoms with Crippen LogP contribution in [0.4, 0.5) is 11.9 Å². The zero-order chi connectivity index (χ0) is 13.7. The monoisotopic (exact) mass is 264 g/mol. The van der Waals surface area contributed by atoms with Crippen molar-refractivity contribution in [3.63, 3.8) is 0 Å². The lowest BCUT2D eigenvalue weighted by molar-refractivity contribution is 0.196. The Kier molecular flexibility index (Phi) is 4.18. The predicted molar refractivity (Wildman–Crippen MR) is 68.9 cm³/mol. The molecular formula is C10H16N8O. The maximum absolute atomic E-state index is 5.68. The molecule has 2 N–H and O–H groups in total. The van der Waals surface area contributed by atoms with Crippen molar-refractivity contribution < 1.29 is 4.74 Å². The number of anilines is 2. The molecule has 19 heavy (non-hydrogen) atoms. The summed E-state index contributed by atoms with van der Waals surface area (Å²) in [5.74, 6) is 0.988. The van der Waals surface area contributed by atoms with Crippen LogP contribution in [0.5, 0.6) is 0 Å². The number of ether oxygens (including phenoxy) is 1. The molecule has 0 saturated heterocycles. The molecule has 2 heterocycles. The second-order valence-electron chi connectivity index (χ2n) is 3.90. The first-order chi connectivity index (χ1) is 9.20. The molecule has 102 valence electrons. The molecule has 0 fully saturated rings. The van der Waals surface area contributed by atoms with Crippen molar-refractivity contribution in [2.24, 2.45) is 0 Å². The third-order valence-electron chi connectivity index (χ3n) is 2.44. The number of rotatable bonds is 6. The van der Waals surface area contributed by atoms with Gasteiger partial charge in [0.15, 0.2) is 0 Å². The Morgan fingerprint density at radius 3 is 2.89 bits per heavy atom. The van der Waals surface area contributed by atoms with Gasteiger partial charge in [-0.25, -0.2) is 4.98 Å². The van der Waals surface area contributed by atoms with Crippen molar-refractivity contribution in [1.29, 1.82) is 0 Å². The van der Waals surface area contributed by atoms with Gasteiger partial charge in [-0.15, -0.1) is 0 Å². The van der Waals surface area contributed by atoms with Crippen molar-refractivity contribution in [2.75, 3.05) is 37.9 Å². The van der Waals surface area contributed by atoms with E-state index in [-0.39, 0.29) is 5.95 Å². The maximum Gasteiger partial charge on any atom is 0.258 e. The normalized spacial score (nSPS) is 10.6. The van der Waals surface area contributed by atoms with E-state index in [9.17, 15) is 0 Å². The second-order valence-corrected chi connectivity index (χ2v) is 3.90. The molecule has 0 atom stereocenters. The van der Waals surface area contributed by atoms with Crippen LogP contribution >= 0.6 is 0 Å². The first kappa shape index (κ1) is 13.1. The summed E-state index contributed by atoms with van der Waals surface area (Å²) in [4.78, 5) is 18.1. The van der Waals surface area contributed by atoms with Crippen LogP contribution in [0.2, 0.25) is 0 Å². The molecule has 0 aliphatic carbocycles. The van der Waals surface area contributed by atoms with Gasteiger partial charge in [-0.2, -0.15) is 24.7 Å². The summed E-state index contributed by atoms with van der Waals surface area (Å²) in [5, 5.41) is 3.96. The van der Waals surface area contributed by atoms with E-state index in [0.29, 0.717) is 18.5 Å². The zero-order valence-corrected chi connectivity index (χ0v) is 10.9. The summed E-state index contributed by atoms with van der Waals surface area (Å²) in [6.45, 7) is 1.44. The second kappa shape index (κ2) is 6.05. The summed E-state index contributed by atoms with van der Waals surface area (Å²) in [5.41, 5.74) is 5.68. The lowest BCUT2D eigenvalue weighted by Crippen LogP contribution is -2.23. The Morgan fingerprint density at radius 2 is 2.21 bits per heavy atom. The van der Waals surface area contributed by atoms with Crippen molar-refractivity contribution >= 4 is 11.9 Å². The van der Waals surface area contributed by atoms with E-state index in [0.717, 1.165) is 13.0 Å². The average Bonchev–Trinajstić information content (AvgIpc) is 2.92. The van der Waals surface area contributed by atoms with Gasteiger partial charge in [-0.1, -0.05) is 0 Å². The Bertz CT molecular complexity index is 514. The Hall–Kier alpha value is -2.29. The van der Waals surface area contributed by atoms with Crippen LogP contribution in [0.25, 0.3) is 5.95 Å². The molecule has 2 aromatic heterocycles. The summed E-state index contributed by atoms with van der Waals surface area (Å²) in [6.07, 6.45) is 3.78. The van der Waals surface area contributed by atoms with Crippen LogP contribution in [-0.2, 0) is 4.74 Å². The van der Waals surface area contributed by atoms with Gasteiger partial charge in [-0.05, 0) is 6.42 Å². The number of aromatic nitrogens is 6. The van der Waals surface area contributed by atoms with Crippen LogP contribution in [0, 0.1) is 0 Å². The summed E-state index contributed by atoms with van der Waals surface area (Å²) in [7, 11) is 3.55. The van der Waals surface area contributed by atoms with Gasteiger partial charge < -0.3 is 15.4 Å². The highest BCUT2D eigenvalue weighted by Gasteiger charge is 2.10. The van der Waals surface area contributed by atoms with E-state index in [2.05, 4.69) is 25.0 Å². The molecule has 0 radical (unpaired) electrons. The number of nitrogens with two attached hydrogens (primary N) is 1. The van der Waals surface area contributed by atoms with Crippen LogP contribution in [-0.4, -0.2) is 57.0 Å². The molecule has 0 spiro atoms. The predicted octanol–water partition coefficient (Wildman–Crippen LogP) is -0.493. The van der Waals surface area contributed by atoms with Crippen LogP contribution in [0.15, 0.2) is 12.7 Å². The van der Waals surface area contributed by atoms with E-state index in [1.807, 2.05) is 11.9 Å². The maximum atomic E-state index is 5.68. The van der Waals surface area contributed by atoms with E-state index in [1.54, 1.807) is 7.11 Å². The quantitative estimate of drug-likeness (QED) is 0.696. The number of hydrogen-bond acceptors (Lipinski definition) is 8. The molecule has 9 heteroatoms. The Labute approximate surface area is 110 Å². The summed E-state index contributed by atoms with van der Waals surface area (Å²) < 4.78 is 6.44. The minimum Gasteiger partial charge on any atom is -0.385 e. The van der Waals surface area contributed by atoms with Crippen LogP contribution < -0.4 is 10.6 Å². The standard InChI is InChI=1S/C10H16N8O/c1-17(4-3-5-19-2)9-14-8(11)15-10(16-9)18-7-12-6-13-18/h6-7H,3-5H2,1-2H3,(H2,11,14,15,16). The van der Waals surface area contributed by atoms with Gasteiger partial charge in [0.25, 0.3) is 5.95 Å². The number of nitrogens with zero attached hydrogens (tertiary/aromatic N) is 7. The van der Waals surface area contributed by atoms with Crippen LogP contribution in [0.3, 0.4) is 0 Å². The van der Waals surface area contributed by atoms with E-state index >= 15 is 0 Å². The molecule has 0 unspecified atom stereocenters. The topological polar surface area (TPSA) is 108 Å². The van der Waals surface area contributed by atoms with Crippen molar-refractivity contribution in [2.45, 2.75) is 6.42 Å². The molecule has 0 aromatic carbocycles. The Balaban J connectivity index is 2.17. The van der Waals surface area contributed by atoms with Gasteiger partial charge >= 0.3 is 0 Å².